The van der Waals surface area contributed by atoms with Gasteiger partial charge in [-0.2, -0.15) is 0 Å². The summed E-state index contributed by atoms with van der Waals surface area (Å²) in [5.74, 6) is -0.122. The van der Waals surface area contributed by atoms with Crippen molar-refractivity contribution in [2.24, 2.45) is 0 Å². The molecule has 0 spiro atoms. The summed E-state index contributed by atoms with van der Waals surface area (Å²) in [5.41, 5.74) is 0.562. The topological polar surface area (TPSA) is 75.4 Å². The van der Waals surface area contributed by atoms with Gasteiger partial charge in [-0.1, -0.05) is 12.1 Å². The summed E-state index contributed by atoms with van der Waals surface area (Å²) < 4.78 is 1.46. The molecule has 0 radical (unpaired) electrons. The molecule has 2 aromatic rings. The molecule has 2 rings (SSSR count). The molecule has 0 fully saturated rings. The maximum Gasteiger partial charge on any atom is 0.261 e. The highest BCUT2D eigenvalue weighted by atomic mass is 16.3. The Labute approximate surface area is 135 Å². The fraction of sp³-hybridized carbons (Fsp3) is 0.471. The number of likely N-dealkylation sites (N-methyl/N-ethyl adjacent to an activating group) is 1. The predicted molar refractivity (Wildman–Crippen MR) is 89.3 cm³/mol. The second kappa shape index (κ2) is 6.50. The Kier molecular flexibility index (Phi) is 4.85. The van der Waals surface area contributed by atoms with E-state index in [9.17, 15) is 14.7 Å². The number of aromatic nitrogens is 2. The van der Waals surface area contributed by atoms with Crippen LogP contribution in [0.1, 0.15) is 25.8 Å². The molecule has 6 heteroatoms. The van der Waals surface area contributed by atoms with E-state index in [0.717, 1.165) is 5.56 Å². The standard InChI is InChI=1S/C17H23N3O3/c1-12-6-5-7-13-15(12)18-11-20(16(13)22)9-8-14(21)19(4)10-17(2,3)23/h5-7,11,23H,8-10H2,1-4H3. The van der Waals surface area contributed by atoms with Crippen molar-refractivity contribution in [3.63, 3.8) is 0 Å². The van der Waals surface area contributed by atoms with Gasteiger partial charge in [-0.05, 0) is 32.4 Å². The van der Waals surface area contributed by atoms with E-state index in [4.69, 9.17) is 0 Å². The Morgan fingerprint density at radius 1 is 1.39 bits per heavy atom. The summed E-state index contributed by atoms with van der Waals surface area (Å²) in [7, 11) is 1.64. The zero-order chi connectivity index (χ0) is 17.2. The largest absolute Gasteiger partial charge is 0.389 e. The van der Waals surface area contributed by atoms with Crippen LogP contribution in [0.5, 0.6) is 0 Å². The van der Waals surface area contributed by atoms with E-state index >= 15 is 0 Å². The van der Waals surface area contributed by atoms with E-state index in [-0.39, 0.29) is 31.0 Å². The van der Waals surface area contributed by atoms with E-state index in [1.807, 2.05) is 19.1 Å². The zero-order valence-electron chi connectivity index (χ0n) is 14.0. The van der Waals surface area contributed by atoms with E-state index in [1.54, 1.807) is 27.0 Å². The number of fused-ring (bicyclic) bond motifs is 1. The average Bonchev–Trinajstić information content (AvgIpc) is 2.45. The highest BCUT2D eigenvalue weighted by Crippen LogP contribution is 2.11. The fourth-order valence-corrected chi connectivity index (χ4v) is 2.57. The van der Waals surface area contributed by atoms with Crippen molar-refractivity contribution in [3.8, 4) is 0 Å². The molecule has 1 heterocycles. The van der Waals surface area contributed by atoms with Crippen LogP contribution in [0.4, 0.5) is 0 Å². The lowest BCUT2D eigenvalue weighted by Crippen LogP contribution is -2.40. The van der Waals surface area contributed by atoms with Gasteiger partial charge in [0.05, 0.1) is 22.8 Å². The molecule has 1 N–H and O–H groups in total. The average molecular weight is 317 g/mol. The number of para-hydroxylation sites is 1. The summed E-state index contributed by atoms with van der Waals surface area (Å²) in [6.45, 7) is 5.72. The zero-order valence-corrected chi connectivity index (χ0v) is 14.0. The van der Waals surface area contributed by atoms with E-state index < -0.39 is 5.60 Å². The molecule has 0 bridgehead atoms. The van der Waals surface area contributed by atoms with Crippen molar-refractivity contribution >= 4 is 16.8 Å². The lowest BCUT2D eigenvalue weighted by Gasteiger charge is -2.25. The molecule has 1 aromatic carbocycles. The van der Waals surface area contributed by atoms with Gasteiger partial charge in [0.15, 0.2) is 0 Å². The van der Waals surface area contributed by atoms with Crippen molar-refractivity contribution < 1.29 is 9.90 Å². The van der Waals surface area contributed by atoms with Crippen LogP contribution in [0.2, 0.25) is 0 Å². The number of nitrogens with zero attached hydrogens (tertiary/aromatic N) is 3. The molecular formula is C17H23N3O3. The number of aliphatic hydroxyl groups is 1. The van der Waals surface area contributed by atoms with E-state index in [1.165, 1.54) is 15.8 Å². The van der Waals surface area contributed by atoms with E-state index in [0.29, 0.717) is 10.9 Å². The molecular weight excluding hydrogens is 294 g/mol. The van der Waals surface area contributed by atoms with Gasteiger partial charge >= 0.3 is 0 Å². The second-order valence-electron chi connectivity index (χ2n) is 6.53. The van der Waals surface area contributed by atoms with Gasteiger partial charge in [0.2, 0.25) is 5.91 Å². The normalized spacial score (nSPS) is 11.7. The van der Waals surface area contributed by atoms with E-state index in [2.05, 4.69) is 4.98 Å². The van der Waals surface area contributed by atoms with Gasteiger partial charge in [-0.3, -0.25) is 14.2 Å². The number of carbonyl (C=O) groups excluding carboxylic acids is 1. The Balaban J connectivity index is 2.13. The van der Waals surface area contributed by atoms with Gasteiger partial charge in [0.25, 0.3) is 5.56 Å². The third-order valence-corrected chi connectivity index (χ3v) is 3.67. The first-order valence-electron chi connectivity index (χ1n) is 7.60. The summed E-state index contributed by atoms with van der Waals surface area (Å²) in [6, 6.07) is 5.48. The summed E-state index contributed by atoms with van der Waals surface area (Å²) in [5, 5.41) is 10.3. The first-order chi connectivity index (χ1) is 10.7. The predicted octanol–water partition coefficient (Wildman–Crippen LogP) is 1.32. The minimum Gasteiger partial charge on any atom is -0.389 e. The summed E-state index contributed by atoms with van der Waals surface area (Å²) in [6.07, 6.45) is 1.67. The van der Waals surface area contributed by atoms with Crippen molar-refractivity contribution in [1.82, 2.24) is 14.5 Å². The molecule has 124 valence electrons. The van der Waals surface area contributed by atoms with Crippen molar-refractivity contribution in [1.29, 1.82) is 0 Å². The fourth-order valence-electron chi connectivity index (χ4n) is 2.57. The summed E-state index contributed by atoms with van der Waals surface area (Å²) >= 11 is 0. The number of benzene rings is 1. The molecule has 0 aliphatic rings. The van der Waals surface area contributed by atoms with Crippen molar-refractivity contribution in [2.45, 2.75) is 39.3 Å². The van der Waals surface area contributed by atoms with Crippen LogP contribution >= 0.6 is 0 Å². The van der Waals surface area contributed by atoms with Gasteiger partial charge < -0.3 is 10.0 Å². The van der Waals surface area contributed by atoms with Gasteiger partial charge in [0.1, 0.15) is 0 Å². The molecule has 0 saturated carbocycles. The minimum atomic E-state index is -0.941. The molecule has 0 unspecified atom stereocenters. The van der Waals surface area contributed by atoms with Crippen LogP contribution in [-0.2, 0) is 11.3 Å². The van der Waals surface area contributed by atoms with Crippen LogP contribution < -0.4 is 5.56 Å². The first kappa shape index (κ1) is 17.1. The molecule has 0 atom stereocenters. The van der Waals surface area contributed by atoms with Gasteiger partial charge in [-0.25, -0.2) is 4.98 Å². The van der Waals surface area contributed by atoms with Gasteiger partial charge in [0, 0.05) is 26.6 Å². The lowest BCUT2D eigenvalue weighted by atomic mass is 10.1. The SMILES string of the molecule is Cc1cccc2c(=O)n(CCC(=O)N(C)CC(C)(C)O)cnc12. The third-order valence-electron chi connectivity index (χ3n) is 3.67. The maximum atomic E-state index is 12.4. The number of hydrogen-bond donors (Lipinski definition) is 1. The number of hydrogen-bond acceptors (Lipinski definition) is 4. The molecule has 1 amide bonds. The second-order valence-corrected chi connectivity index (χ2v) is 6.53. The van der Waals surface area contributed by atoms with Crippen LogP contribution in [0, 0.1) is 6.92 Å². The molecule has 23 heavy (non-hydrogen) atoms. The molecule has 0 aliphatic carbocycles. The number of amides is 1. The Morgan fingerprint density at radius 2 is 2.09 bits per heavy atom. The van der Waals surface area contributed by atoms with Crippen LogP contribution in [0.25, 0.3) is 10.9 Å². The Hall–Kier alpha value is -2.21. The number of carbonyl (C=O) groups is 1. The molecule has 0 saturated heterocycles. The first-order valence-corrected chi connectivity index (χ1v) is 7.60. The molecule has 6 nitrogen and oxygen atoms in total. The van der Waals surface area contributed by atoms with Crippen LogP contribution in [0.15, 0.2) is 29.3 Å². The van der Waals surface area contributed by atoms with Gasteiger partial charge in [-0.15, -0.1) is 0 Å². The van der Waals surface area contributed by atoms with Crippen LogP contribution in [-0.4, -0.2) is 44.7 Å². The smallest absolute Gasteiger partial charge is 0.261 e. The highest BCUT2D eigenvalue weighted by Gasteiger charge is 2.19. The minimum absolute atomic E-state index is 0.122. The number of aryl methyl sites for hydroxylation is 2. The molecule has 1 aromatic heterocycles. The summed E-state index contributed by atoms with van der Waals surface area (Å²) in [4.78, 5) is 30.3. The molecule has 0 aliphatic heterocycles. The highest BCUT2D eigenvalue weighted by molar-refractivity contribution is 5.80. The third kappa shape index (κ3) is 4.16. The Bertz CT molecular complexity index is 775. The van der Waals surface area contributed by atoms with Crippen LogP contribution in [0.3, 0.4) is 0 Å². The number of rotatable bonds is 5. The van der Waals surface area contributed by atoms with Crippen molar-refractivity contribution in [3.05, 3.63) is 40.4 Å². The Morgan fingerprint density at radius 3 is 2.74 bits per heavy atom. The monoisotopic (exact) mass is 317 g/mol. The quantitative estimate of drug-likeness (QED) is 0.902. The lowest BCUT2D eigenvalue weighted by molar-refractivity contribution is -0.132. The van der Waals surface area contributed by atoms with Crippen molar-refractivity contribution in [2.75, 3.05) is 13.6 Å². The maximum absolute atomic E-state index is 12.4.